The number of nitrogens with one attached hydrogen (secondary N) is 3. The van der Waals surface area contributed by atoms with E-state index in [1.165, 1.54) is 13.8 Å². The monoisotopic (exact) mass is 314 g/mol. The smallest absolute Gasteiger partial charge is 0.245 e. The van der Waals surface area contributed by atoms with Crippen LogP contribution in [0.2, 0.25) is 0 Å². The Kier molecular flexibility index (Phi) is 7.43. The Bertz CT molecular complexity index is 408. The van der Waals surface area contributed by atoms with Crippen LogP contribution in [0.3, 0.4) is 0 Å². The number of amides is 2. The first kappa shape index (κ1) is 18.5. The molecule has 126 valence electrons. The summed E-state index contributed by atoms with van der Waals surface area (Å²) in [7, 11) is 0. The second-order valence-electron chi connectivity index (χ2n) is 5.67. The number of Topliss-reactive ketones (excluding diaryl/α,β-unsaturated/α-hetero) is 1. The molecule has 1 saturated heterocycles. The van der Waals surface area contributed by atoms with Crippen molar-refractivity contribution >= 4 is 17.6 Å². The summed E-state index contributed by atoms with van der Waals surface area (Å²) >= 11 is 0. The zero-order valence-corrected chi connectivity index (χ0v) is 13.1. The van der Waals surface area contributed by atoms with Crippen molar-refractivity contribution in [1.82, 2.24) is 16.0 Å². The van der Waals surface area contributed by atoms with Crippen molar-refractivity contribution in [1.29, 1.82) is 0 Å². The maximum atomic E-state index is 12.2. The molecule has 2 amide bonds. The second-order valence-corrected chi connectivity index (χ2v) is 5.67. The molecule has 0 bridgehead atoms. The van der Waals surface area contributed by atoms with E-state index in [1.54, 1.807) is 0 Å². The van der Waals surface area contributed by atoms with Gasteiger partial charge in [0.05, 0.1) is 18.1 Å². The Balaban J connectivity index is 2.66. The van der Waals surface area contributed by atoms with E-state index in [9.17, 15) is 19.5 Å². The minimum Gasteiger partial charge on any atom is -0.391 e. The standard InChI is InChI=1S/C14H26N4O4/c1-8(19)11(3-5-15)17-14(22)12(9(2)20)18-13(21)10-4-6-16-7-10/h9-12,16,20H,3-7,15H2,1-2H3,(H,17,22)(H,18,21)/t9?,10-,11-,12-/m0/s1. The van der Waals surface area contributed by atoms with E-state index in [4.69, 9.17) is 5.73 Å². The highest BCUT2D eigenvalue weighted by molar-refractivity contribution is 5.92. The van der Waals surface area contributed by atoms with E-state index in [-0.39, 0.29) is 24.2 Å². The lowest BCUT2D eigenvalue weighted by Crippen LogP contribution is -2.56. The van der Waals surface area contributed by atoms with Crippen LogP contribution in [0.25, 0.3) is 0 Å². The van der Waals surface area contributed by atoms with Gasteiger partial charge in [-0.3, -0.25) is 14.4 Å². The molecule has 1 fully saturated rings. The molecule has 0 aromatic heterocycles. The molecule has 8 nitrogen and oxygen atoms in total. The Morgan fingerprint density at radius 3 is 2.50 bits per heavy atom. The lowest BCUT2D eigenvalue weighted by Gasteiger charge is -2.24. The quantitative estimate of drug-likeness (QED) is 0.348. The lowest BCUT2D eigenvalue weighted by atomic mass is 10.0. The number of hydrogen-bond acceptors (Lipinski definition) is 6. The van der Waals surface area contributed by atoms with Crippen molar-refractivity contribution in [3.63, 3.8) is 0 Å². The SMILES string of the molecule is CC(=O)[C@H](CCN)NC(=O)[C@@H](NC(=O)[C@H]1CCNC1)C(C)O. The van der Waals surface area contributed by atoms with Crippen molar-refractivity contribution < 1.29 is 19.5 Å². The number of carbonyl (C=O) groups excluding carboxylic acids is 3. The van der Waals surface area contributed by atoms with Crippen LogP contribution in [0.15, 0.2) is 0 Å². The highest BCUT2D eigenvalue weighted by Crippen LogP contribution is 2.08. The number of aliphatic hydroxyl groups is 1. The summed E-state index contributed by atoms with van der Waals surface area (Å²) in [6.07, 6.45) is -0.0547. The molecule has 1 heterocycles. The third-order valence-electron chi connectivity index (χ3n) is 3.76. The Morgan fingerprint density at radius 2 is 2.05 bits per heavy atom. The number of rotatable bonds is 8. The highest BCUT2D eigenvalue weighted by atomic mass is 16.3. The summed E-state index contributed by atoms with van der Waals surface area (Å²) < 4.78 is 0. The van der Waals surface area contributed by atoms with Crippen molar-refractivity contribution in [2.45, 2.75) is 44.9 Å². The summed E-state index contributed by atoms with van der Waals surface area (Å²) in [5, 5.41) is 17.9. The molecular formula is C14H26N4O4. The molecule has 6 N–H and O–H groups in total. The molecule has 22 heavy (non-hydrogen) atoms. The van der Waals surface area contributed by atoms with Gasteiger partial charge in [0.2, 0.25) is 11.8 Å². The Hall–Kier alpha value is -1.51. The predicted molar refractivity (Wildman–Crippen MR) is 80.9 cm³/mol. The largest absolute Gasteiger partial charge is 0.391 e. The first-order chi connectivity index (χ1) is 10.4. The summed E-state index contributed by atoms with van der Waals surface area (Å²) in [6, 6.07) is -1.79. The summed E-state index contributed by atoms with van der Waals surface area (Å²) in [5.41, 5.74) is 5.41. The van der Waals surface area contributed by atoms with Crippen molar-refractivity contribution in [2.24, 2.45) is 11.7 Å². The molecule has 1 unspecified atom stereocenters. The fourth-order valence-electron chi connectivity index (χ4n) is 2.36. The fourth-order valence-corrected chi connectivity index (χ4v) is 2.36. The van der Waals surface area contributed by atoms with Gasteiger partial charge in [-0.2, -0.15) is 0 Å². The molecule has 1 rings (SSSR count). The van der Waals surface area contributed by atoms with Gasteiger partial charge in [0.25, 0.3) is 0 Å². The number of nitrogens with two attached hydrogens (primary N) is 1. The van der Waals surface area contributed by atoms with Gasteiger partial charge in [-0.25, -0.2) is 0 Å². The summed E-state index contributed by atoms with van der Waals surface area (Å²) in [4.78, 5) is 35.8. The van der Waals surface area contributed by atoms with Gasteiger partial charge < -0.3 is 26.8 Å². The molecule has 0 aromatic rings. The topological polar surface area (TPSA) is 134 Å². The van der Waals surface area contributed by atoms with Crippen LogP contribution in [0.5, 0.6) is 0 Å². The van der Waals surface area contributed by atoms with Crippen molar-refractivity contribution in [3.8, 4) is 0 Å². The zero-order valence-electron chi connectivity index (χ0n) is 13.1. The second kappa shape index (κ2) is 8.82. The molecule has 0 radical (unpaired) electrons. The van der Waals surface area contributed by atoms with E-state index >= 15 is 0 Å². The number of carbonyl (C=O) groups is 3. The molecule has 1 aliphatic heterocycles. The minimum atomic E-state index is -1.09. The van der Waals surface area contributed by atoms with Gasteiger partial charge in [0, 0.05) is 6.54 Å². The van der Waals surface area contributed by atoms with Gasteiger partial charge in [0.15, 0.2) is 5.78 Å². The Morgan fingerprint density at radius 1 is 1.36 bits per heavy atom. The number of aliphatic hydroxyl groups excluding tert-OH is 1. The molecule has 0 aliphatic carbocycles. The molecule has 4 atom stereocenters. The van der Waals surface area contributed by atoms with Crippen molar-refractivity contribution in [3.05, 3.63) is 0 Å². The first-order valence-electron chi connectivity index (χ1n) is 7.56. The lowest BCUT2D eigenvalue weighted by molar-refractivity contribution is -0.134. The van der Waals surface area contributed by atoms with E-state index in [1.807, 2.05) is 0 Å². The van der Waals surface area contributed by atoms with Crippen LogP contribution in [-0.2, 0) is 14.4 Å². The molecule has 1 aliphatic rings. The van der Waals surface area contributed by atoms with Crippen LogP contribution in [-0.4, -0.2) is 60.5 Å². The predicted octanol–water partition coefficient (Wildman–Crippen LogP) is -2.12. The molecular weight excluding hydrogens is 288 g/mol. The van der Waals surface area contributed by atoms with Gasteiger partial charge in [-0.05, 0) is 39.8 Å². The average Bonchev–Trinajstić information content (AvgIpc) is 2.97. The van der Waals surface area contributed by atoms with Gasteiger partial charge in [-0.15, -0.1) is 0 Å². The highest BCUT2D eigenvalue weighted by Gasteiger charge is 2.31. The van der Waals surface area contributed by atoms with E-state index in [2.05, 4.69) is 16.0 Å². The van der Waals surface area contributed by atoms with Crippen LogP contribution in [0, 0.1) is 5.92 Å². The van der Waals surface area contributed by atoms with Gasteiger partial charge in [0.1, 0.15) is 6.04 Å². The third-order valence-corrected chi connectivity index (χ3v) is 3.76. The molecule has 8 heteroatoms. The van der Waals surface area contributed by atoms with Crippen LogP contribution in [0.4, 0.5) is 0 Å². The summed E-state index contributed by atoms with van der Waals surface area (Å²) in [5.74, 6) is -1.27. The summed E-state index contributed by atoms with van der Waals surface area (Å²) in [6.45, 7) is 4.35. The number of hydrogen-bond donors (Lipinski definition) is 5. The molecule has 0 spiro atoms. The fraction of sp³-hybridized carbons (Fsp3) is 0.786. The number of ketones is 1. The van der Waals surface area contributed by atoms with Crippen molar-refractivity contribution in [2.75, 3.05) is 19.6 Å². The van der Waals surface area contributed by atoms with Crippen LogP contribution >= 0.6 is 0 Å². The van der Waals surface area contributed by atoms with E-state index in [0.29, 0.717) is 19.4 Å². The zero-order chi connectivity index (χ0) is 16.7. The van der Waals surface area contributed by atoms with Gasteiger partial charge in [-0.1, -0.05) is 0 Å². The first-order valence-corrected chi connectivity index (χ1v) is 7.56. The normalized spacial score (nSPS) is 21.7. The molecule has 0 saturated carbocycles. The third kappa shape index (κ3) is 5.36. The van der Waals surface area contributed by atoms with Crippen LogP contribution < -0.4 is 21.7 Å². The maximum Gasteiger partial charge on any atom is 0.245 e. The van der Waals surface area contributed by atoms with Crippen LogP contribution in [0.1, 0.15) is 26.7 Å². The van der Waals surface area contributed by atoms with E-state index in [0.717, 1.165) is 6.54 Å². The minimum absolute atomic E-state index is 0.207. The Labute approximate surface area is 130 Å². The molecule has 0 aromatic carbocycles. The maximum absolute atomic E-state index is 12.2. The van der Waals surface area contributed by atoms with E-state index < -0.39 is 24.1 Å². The average molecular weight is 314 g/mol. The van der Waals surface area contributed by atoms with Gasteiger partial charge >= 0.3 is 0 Å².